The van der Waals surface area contributed by atoms with Gasteiger partial charge in [-0.15, -0.1) is 12.4 Å². The van der Waals surface area contributed by atoms with Gasteiger partial charge in [-0.25, -0.2) is 8.42 Å². The van der Waals surface area contributed by atoms with Crippen LogP contribution in [0.25, 0.3) is 6.08 Å². The Balaban J connectivity index is 0.00000380. The second-order valence-electron chi connectivity index (χ2n) is 8.10. The van der Waals surface area contributed by atoms with E-state index in [2.05, 4.69) is 10.6 Å². The molecule has 0 aliphatic carbocycles. The zero-order valence-electron chi connectivity index (χ0n) is 19.4. The first-order valence-corrected chi connectivity index (χ1v) is 13.7. The molecule has 1 fully saturated rings. The molecule has 4 rings (SSSR count). The molecule has 0 unspecified atom stereocenters. The van der Waals surface area contributed by atoms with Crippen LogP contribution in [0.4, 0.5) is 4.79 Å². The standard InChI is InChI=1S/C26H23ClN2O5S2.ClH/c27-20-5-2-4-19(15-20)23(30)16-28-12-11-17-7-9-21(10-8-17)36(33,34)22-6-1-3-18(13-22)14-24-25(31)29-26(32)35-24;/h1-10,13-15,23,28,30H,11-12,16H2,(H,29,31,32);1H/t23-;/m0./s1. The van der Waals surface area contributed by atoms with Gasteiger partial charge in [0.1, 0.15) is 0 Å². The molecule has 3 aromatic rings. The van der Waals surface area contributed by atoms with Crippen molar-refractivity contribution in [2.45, 2.75) is 22.3 Å². The number of nitrogens with one attached hydrogen (secondary N) is 2. The van der Waals surface area contributed by atoms with Gasteiger partial charge in [0.25, 0.3) is 11.1 Å². The Morgan fingerprint density at radius 3 is 2.41 bits per heavy atom. The molecule has 0 bridgehead atoms. The van der Waals surface area contributed by atoms with Crippen molar-refractivity contribution < 1.29 is 23.1 Å². The minimum atomic E-state index is -3.77. The zero-order chi connectivity index (χ0) is 25.7. The van der Waals surface area contributed by atoms with Gasteiger partial charge >= 0.3 is 0 Å². The number of carbonyl (C=O) groups is 2. The predicted molar refractivity (Wildman–Crippen MR) is 148 cm³/mol. The number of halogens is 2. The van der Waals surface area contributed by atoms with Gasteiger partial charge in [-0.1, -0.05) is 48.0 Å². The minimum absolute atomic E-state index is 0. The van der Waals surface area contributed by atoms with E-state index in [1.807, 2.05) is 6.07 Å². The van der Waals surface area contributed by atoms with Crippen LogP contribution in [-0.2, 0) is 21.1 Å². The molecule has 1 saturated heterocycles. The van der Waals surface area contributed by atoms with E-state index < -0.39 is 27.1 Å². The Morgan fingerprint density at radius 1 is 1.00 bits per heavy atom. The Morgan fingerprint density at radius 2 is 1.73 bits per heavy atom. The van der Waals surface area contributed by atoms with E-state index in [9.17, 15) is 23.1 Å². The van der Waals surface area contributed by atoms with Gasteiger partial charge in [0.2, 0.25) is 9.84 Å². The van der Waals surface area contributed by atoms with Gasteiger partial charge in [0, 0.05) is 11.6 Å². The van der Waals surface area contributed by atoms with Crippen molar-refractivity contribution in [1.82, 2.24) is 10.6 Å². The van der Waals surface area contributed by atoms with Gasteiger partial charge in [-0.3, -0.25) is 14.9 Å². The fraction of sp³-hybridized carbons (Fsp3) is 0.154. The molecule has 7 nitrogen and oxygen atoms in total. The second kappa shape index (κ2) is 12.7. The quantitative estimate of drug-likeness (QED) is 0.247. The lowest BCUT2D eigenvalue weighted by atomic mass is 10.1. The Labute approximate surface area is 230 Å². The lowest BCUT2D eigenvalue weighted by Crippen LogP contribution is -2.23. The van der Waals surface area contributed by atoms with E-state index in [1.165, 1.54) is 18.2 Å². The molecule has 11 heteroatoms. The van der Waals surface area contributed by atoms with Crippen molar-refractivity contribution in [3.8, 4) is 0 Å². The van der Waals surface area contributed by atoms with E-state index >= 15 is 0 Å². The number of sulfone groups is 1. The van der Waals surface area contributed by atoms with E-state index in [0.717, 1.165) is 22.9 Å². The Hall–Kier alpha value is -2.66. The molecule has 0 spiro atoms. The van der Waals surface area contributed by atoms with Gasteiger partial charge in [0.05, 0.1) is 20.8 Å². The summed E-state index contributed by atoms with van der Waals surface area (Å²) in [5.41, 5.74) is 2.20. The average Bonchev–Trinajstić information content (AvgIpc) is 3.18. The first-order valence-electron chi connectivity index (χ1n) is 11.1. The van der Waals surface area contributed by atoms with Crippen molar-refractivity contribution in [2.24, 2.45) is 0 Å². The summed E-state index contributed by atoms with van der Waals surface area (Å²) in [7, 11) is -3.77. The summed E-state index contributed by atoms with van der Waals surface area (Å²) in [5, 5.41) is 15.8. The van der Waals surface area contributed by atoms with Crippen LogP contribution in [0.2, 0.25) is 5.02 Å². The minimum Gasteiger partial charge on any atom is -0.387 e. The molecule has 1 heterocycles. The Kier molecular flexibility index (Phi) is 9.94. The molecule has 1 aliphatic rings. The highest BCUT2D eigenvalue weighted by Gasteiger charge is 2.25. The van der Waals surface area contributed by atoms with Crippen molar-refractivity contribution in [3.63, 3.8) is 0 Å². The summed E-state index contributed by atoms with van der Waals surface area (Å²) >= 11 is 6.74. The molecule has 0 aromatic heterocycles. The fourth-order valence-corrected chi connectivity index (χ4v) is 5.81. The van der Waals surface area contributed by atoms with Gasteiger partial charge < -0.3 is 10.4 Å². The first-order chi connectivity index (χ1) is 17.2. The Bertz CT molecular complexity index is 1430. The van der Waals surface area contributed by atoms with Crippen LogP contribution in [0.15, 0.2) is 87.5 Å². The number of benzene rings is 3. The summed E-state index contributed by atoms with van der Waals surface area (Å²) in [6.45, 7) is 0.974. The summed E-state index contributed by atoms with van der Waals surface area (Å²) in [4.78, 5) is 23.6. The third kappa shape index (κ3) is 7.44. The van der Waals surface area contributed by atoms with Crippen LogP contribution in [-0.4, -0.2) is 37.8 Å². The first kappa shape index (κ1) is 28.9. The molecule has 1 atom stereocenters. The monoisotopic (exact) mass is 578 g/mol. The number of thioether (sulfide) groups is 1. The van der Waals surface area contributed by atoms with E-state index in [1.54, 1.807) is 54.6 Å². The number of aliphatic hydroxyl groups excluding tert-OH is 1. The number of rotatable bonds is 9. The van der Waals surface area contributed by atoms with Gasteiger partial charge in [0.15, 0.2) is 0 Å². The summed E-state index contributed by atoms with van der Waals surface area (Å²) in [6.07, 6.45) is 1.47. The van der Waals surface area contributed by atoms with Gasteiger partial charge in [-0.2, -0.15) is 0 Å². The summed E-state index contributed by atoms with van der Waals surface area (Å²) < 4.78 is 26.3. The number of carbonyl (C=O) groups excluding carboxylic acids is 2. The lowest BCUT2D eigenvalue weighted by molar-refractivity contribution is -0.115. The van der Waals surface area contributed by atoms with Crippen molar-refractivity contribution in [1.29, 1.82) is 0 Å². The van der Waals surface area contributed by atoms with Crippen molar-refractivity contribution >= 4 is 62.8 Å². The van der Waals surface area contributed by atoms with Crippen LogP contribution >= 0.6 is 35.8 Å². The number of hydrogen-bond donors (Lipinski definition) is 3. The summed E-state index contributed by atoms with van der Waals surface area (Å²) in [5.74, 6) is -0.498. The zero-order valence-corrected chi connectivity index (χ0v) is 22.6. The van der Waals surface area contributed by atoms with Crippen molar-refractivity contribution in [2.75, 3.05) is 13.1 Å². The summed E-state index contributed by atoms with van der Waals surface area (Å²) in [6, 6.07) is 20.0. The highest BCUT2D eigenvalue weighted by molar-refractivity contribution is 8.18. The average molecular weight is 580 g/mol. The number of hydrogen-bond acceptors (Lipinski definition) is 7. The maximum absolute atomic E-state index is 13.1. The topological polar surface area (TPSA) is 113 Å². The van der Waals surface area contributed by atoms with Crippen LogP contribution in [0.3, 0.4) is 0 Å². The van der Waals surface area contributed by atoms with Crippen LogP contribution in [0, 0.1) is 0 Å². The largest absolute Gasteiger partial charge is 0.387 e. The lowest BCUT2D eigenvalue weighted by Gasteiger charge is -2.13. The third-order valence-corrected chi connectivity index (χ3v) is 8.32. The molecule has 194 valence electrons. The van der Waals surface area contributed by atoms with E-state index in [4.69, 9.17) is 11.6 Å². The van der Waals surface area contributed by atoms with E-state index in [-0.39, 0.29) is 27.1 Å². The molecule has 3 aromatic carbocycles. The predicted octanol–water partition coefficient (Wildman–Crippen LogP) is 4.78. The highest BCUT2D eigenvalue weighted by atomic mass is 35.5. The van der Waals surface area contributed by atoms with Crippen molar-refractivity contribution in [3.05, 3.63) is 99.4 Å². The molecule has 1 aliphatic heterocycles. The molecular formula is C26H24Cl2N2O5S2. The molecule has 0 saturated carbocycles. The number of amides is 2. The number of imide groups is 1. The van der Waals surface area contributed by atoms with E-state index in [0.29, 0.717) is 30.1 Å². The van der Waals surface area contributed by atoms with Crippen LogP contribution < -0.4 is 10.6 Å². The normalized spacial score (nSPS) is 15.4. The number of aliphatic hydroxyl groups is 1. The maximum atomic E-state index is 13.1. The molecule has 3 N–H and O–H groups in total. The maximum Gasteiger partial charge on any atom is 0.290 e. The molecule has 0 radical (unpaired) electrons. The van der Waals surface area contributed by atoms with Crippen LogP contribution in [0.5, 0.6) is 0 Å². The molecule has 2 amide bonds. The van der Waals surface area contributed by atoms with Crippen LogP contribution in [0.1, 0.15) is 22.8 Å². The smallest absolute Gasteiger partial charge is 0.290 e. The molecule has 37 heavy (non-hydrogen) atoms. The third-order valence-electron chi connectivity index (χ3n) is 5.50. The highest BCUT2D eigenvalue weighted by Crippen LogP contribution is 2.27. The molecular weight excluding hydrogens is 555 g/mol. The SMILES string of the molecule is Cl.O=C1NC(=O)C(=Cc2cccc(S(=O)(=O)c3ccc(CCNC[C@H](O)c4cccc(Cl)c4)cc3)c2)S1. The second-order valence-corrected chi connectivity index (χ2v) is 11.5. The fourth-order valence-electron chi connectivity index (χ4n) is 3.62. The van der Waals surface area contributed by atoms with Gasteiger partial charge in [-0.05, 0) is 83.9 Å².